The fraction of sp³-hybridized carbons (Fsp3) is 0.562. The van der Waals surface area contributed by atoms with E-state index in [1.54, 1.807) is 0 Å². The van der Waals surface area contributed by atoms with Gasteiger partial charge in [0, 0.05) is 32.0 Å². The van der Waals surface area contributed by atoms with E-state index in [2.05, 4.69) is 5.32 Å². The van der Waals surface area contributed by atoms with Gasteiger partial charge in [0.2, 0.25) is 6.04 Å². The Bertz CT molecular complexity index is 553. The van der Waals surface area contributed by atoms with Crippen LogP contribution < -0.4 is 5.32 Å². The monoisotopic (exact) mass is 338 g/mol. The maximum atomic E-state index is 12.0. The van der Waals surface area contributed by atoms with Crippen LogP contribution in [0.2, 0.25) is 0 Å². The van der Waals surface area contributed by atoms with Crippen LogP contribution in [0.15, 0.2) is 30.3 Å². The van der Waals surface area contributed by atoms with Crippen LogP contribution in [0.4, 0.5) is 4.79 Å². The smallest absolute Gasteiger partial charge is 0.407 e. The summed E-state index contributed by atoms with van der Waals surface area (Å²) < 4.78 is 15.7. The zero-order valence-electron chi connectivity index (χ0n) is 13.7. The number of amides is 1. The molecule has 0 aromatic heterocycles. The number of carbonyl (C=O) groups is 1. The largest absolute Gasteiger partial charge is 0.445 e. The standard InChI is InChI=1S/C16H22N2O6/c1-22-14-8-12(13(18(20)21)9-15(14)23-2)17-16(19)24-10-11-6-4-3-5-7-11/h3-7,12-15H,8-10H2,1-2H3,(H,17,19). The lowest BCUT2D eigenvalue weighted by atomic mass is 9.86. The zero-order chi connectivity index (χ0) is 17.5. The first-order chi connectivity index (χ1) is 11.5. The lowest BCUT2D eigenvalue weighted by Crippen LogP contribution is -2.56. The summed E-state index contributed by atoms with van der Waals surface area (Å²) in [6, 6.07) is 7.61. The van der Waals surface area contributed by atoms with Crippen molar-refractivity contribution in [3.63, 3.8) is 0 Å². The summed E-state index contributed by atoms with van der Waals surface area (Å²) in [4.78, 5) is 22.9. The van der Waals surface area contributed by atoms with Gasteiger partial charge in [-0.15, -0.1) is 0 Å². The van der Waals surface area contributed by atoms with E-state index < -0.39 is 18.2 Å². The van der Waals surface area contributed by atoms with Gasteiger partial charge in [-0.25, -0.2) is 4.79 Å². The number of rotatable bonds is 6. The van der Waals surface area contributed by atoms with E-state index in [0.717, 1.165) is 5.56 Å². The number of alkyl carbamates (subject to hydrolysis) is 1. The molecule has 132 valence electrons. The molecule has 1 aliphatic carbocycles. The van der Waals surface area contributed by atoms with E-state index in [4.69, 9.17) is 14.2 Å². The molecule has 0 aliphatic heterocycles. The van der Waals surface area contributed by atoms with Crippen LogP contribution in [0.25, 0.3) is 0 Å². The third-order valence-corrected chi connectivity index (χ3v) is 4.23. The van der Waals surface area contributed by atoms with E-state index in [1.165, 1.54) is 14.2 Å². The number of ether oxygens (including phenoxy) is 3. The summed E-state index contributed by atoms with van der Waals surface area (Å²) in [5, 5.41) is 13.9. The van der Waals surface area contributed by atoms with Gasteiger partial charge in [-0.3, -0.25) is 10.1 Å². The molecule has 24 heavy (non-hydrogen) atoms. The van der Waals surface area contributed by atoms with Gasteiger partial charge in [0.15, 0.2) is 0 Å². The van der Waals surface area contributed by atoms with Crippen molar-refractivity contribution in [2.24, 2.45) is 0 Å². The van der Waals surface area contributed by atoms with Crippen molar-refractivity contribution in [1.29, 1.82) is 0 Å². The summed E-state index contributed by atoms with van der Waals surface area (Å²) >= 11 is 0. The molecule has 1 amide bonds. The minimum Gasteiger partial charge on any atom is -0.445 e. The molecule has 4 unspecified atom stereocenters. The van der Waals surface area contributed by atoms with Crippen LogP contribution in [0.1, 0.15) is 18.4 Å². The predicted octanol–water partition coefficient (Wildman–Crippen LogP) is 1.75. The van der Waals surface area contributed by atoms with Crippen LogP contribution in [-0.4, -0.2) is 49.5 Å². The number of methoxy groups -OCH3 is 2. The molecular formula is C16H22N2O6. The zero-order valence-corrected chi connectivity index (χ0v) is 13.7. The van der Waals surface area contributed by atoms with Gasteiger partial charge < -0.3 is 19.5 Å². The van der Waals surface area contributed by atoms with Crippen LogP contribution in [0.5, 0.6) is 0 Å². The number of nitrogens with one attached hydrogen (secondary N) is 1. The highest BCUT2D eigenvalue weighted by Gasteiger charge is 2.45. The van der Waals surface area contributed by atoms with Crippen molar-refractivity contribution in [2.75, 3.05) is 14.2 Å². The lowest BCUT2D eigenvalue weighted by molar-refractivity contribution is -0.533. The molecule has 1 aromatic rings. The van der Waals surface area contributed by atoms with Crippen LogP contribution in [0, 0.1) is 10.1 Å². The Labute approximate surface area is 140 Å². The molecule has 1 saturated carbocycles. The highest BCUT2D eigenvalue weighted by atomic mass is 16.6. The Kier molecular flexibility index (Phi) is 6.51. The van der Waals surface area contributed by atoms with Crippen molar-refractivity contribution in [1.82, 2.24) is 5.32 Å². The van der Waals surface area contributed by atoms with E-state index in [9.17, 15) is 14.9 Å². The molecular weight excluding hydrogens is 316 g/mol. The third kappa shape index (κ3) is 4.65. The summed E-state index contributed by atoms with van der Waals surface area (Å²) in [5.74, 6) is 0. The Balaban J connectivity index is 1.94. The maximum Gasteiger partial charge on any atom is 0.407 e. The average molecular weight is 338 g/mol. The molecule has 0 bridgehead atoms. The first-order valence-corrected chi connectivity index (χ1v) is 7.71. The van der Waals surface area contributed by atoms with E-state index in [1.807, 2.05) is 30.3 Å². The minimum atomic E-state index is -0.939. The van der Waals surface area contributed by atoms with Gasteiger partial charge in [0.1, 0.15) is 12.6 Å². The molecule has 1 aromatic carbocycles. The Morgan fingerprint density at radius 3 is 2.42 bits per heavy atom. The predicted molar refractivity (Wildman–Crippen MR) is 85.2 cm³/mol. The highest BCUT2D eigenvalue weighted by Crippen LogP contribution is 2.26. The quantitative estimate of drug-likeness (QED) is 0.626. The number of carbonyl (C=O) groups excluding carboxylic acids is 1. The van der Waals surface area contributed by atoms with Crippen molar-refractivity contribution >= 4 is 6.09 Å². The number of nitro groups is 1. The molecule has 0 heterocycles. The number of hydrogen-bond donors (Lipinski definition) is 1. The highest BCUT2D eigenvalue weighted by molar-refractivity contribution is 5.67. The molecule has 0 radical (unpaired) electrons. The molecule has 1 aliphatic rings. The van der Waals surface area contributed by atoms with Gasteiger partial charge in [-0.05, 0) is 5.56 Å². The Morgan fingerprint density at radius 1 is 1.21 bits per heavy atom. The Hall–Kier alpha value is -2.19. The van der Waals surface area contributed by atoms with Crippen molar-refractivity contribution < 1.29 is 23.9 Å². The molecule has 0 saturated heterocycles. The Morgan fingerprint density at radius 2 is 1.83 bits per heavy atom. The van der Waals surface area contributed by atoms with E-state index in [-0.39, 0.29) is 30.2 Å². The van der Waals surface area contributed by atoms with Crippen molar-refractivity contribution in [3.05, 3.63) is 46.0 Å². The summed E-state index contributed by atoms with van der Waals surface area (Å²) in [7, 11) is 3.02. The second-order valence-corrected chi connectivity index (χ2v) is 5.68. The number of nitrogens with zero attached hydrogens (tertiary/aromatic N) is 1. The van der Waals surface area contributed by atoms with Gasteiger partial charge >= 0.3 is 6.09 Å². The topological polar surface area (TPSA) is 99.9 Å². The number of hydrogen-bond acceptors (Lipinski definition) is 6. The molecule has 1 N–H and O–H groups in total. The van der Waals surface area contributed by atoms with Crippen LogP contribution in [0.3, 0.4) is 0 Å². The SMILES string of the molecule is COC1CC(NC(=O)OCc2ccccc2)C([N+](=O)[O-])CC1OC. The molecule has 8 heteroatoms. The van der Waals surface area contributed by atoms with Crippen LogP contribution >= 0.6 is 0 Å². The first-order valence-electron chi connectivity index (χ1n) is 7.71. The van der Waals surface area contributed by atoms with Crippen LogP contribution in [-0.2, 0) is 20.8 Å². The number of benzene rings is 1. The van der Waals surface area contributed by atoms with Crippen molar-refractivity contribution in [2.45, 2.75) is 43.7 Å². The van der Waals surface area contributed by atoms with Gasteiger partial charge in [0.25, 0.3) is 0 Å². The second-order valence-electron chi connectivity index (χ2n) is 5.68. The first kappa shape index (κ1) is 18.2. The summed E-state index contributed by atoms with van der Waals surface area (Å²) in [5.41, 5.74) is 0.844. The van der Waals surface area contributed by atoms with E-state index in [0.29, 0.717) is 6.42 Å². The molecule has 0 spiro atoms. The summed E-state index contributed by atoms with van der Waals surface area (Å²) in [6.45, 7) is 0.108. The van der Waals surface area contributed by atoms with E-state index >= 15 is 0 Å². The average Bonchev–Trinajstić information content (AvgIpc) is 2.60. The summed E-state index contributed by atoms with van der Waals surface area (Å²) in [6.07, 6.45) is -0.900. The van der Waals surface area contributed by atoms with Crippen molar-refractivity contribution in [3.8, 4) is 0 Å². The fourth-order valence-corrected chi connectivity index (χ4v) is 2.91. The van der Waals surface area contributed by atoms with Gasteiger partial charge in [-0.2, -0.15) is 0 Å². The molecule has 2 rings (SSSR count). The molecule has 8 nitrogen and oxygen atoms in total. The molecule has 1 fully saturated rings. The minimum absolute atomic E-state index is 0.108. The lowest BCUT2D eigenvalue weighted by Gasteiger charge is -2.35. The second kappa shape index (κ2) is 8.60. The fourth-order valence-electron chi connectivity index (χ4n) is 2.91. The normalized spacial score (nSPS) is 26.6. The molecule has 4 atom stereocenters. The maximum absolute atomic E-state index is 12.0. The van der Waals surface area contributed by atoms with Gasteiger partial charge in [0.05, 0.1) is 12.2 Å². The third-order valence-electron chi connectivity index (χ3n) is 4.23. The van der Waals surface area contributed by atoms with Gasteiger partial charge in [-0.1, -0.05) is 30.3 Å².